The Balaban J connectivity index is 2.31. The summed E-state index contributed by atoms with van der Waals surface area (Å²) in [6.07, 6.45) is 2.44. The predicted molar refractivity (Wildman–Crippen MR) is 68.7 cm³/mol. The molecular weight excluding hydrogens is 236 g/mol. The fraction of sp³-hybridized carbons (Fsp3) is 0.615. The lowest BCUT2D eigenvalue weighted by Gasteiger charge is -2.40. The van der Waals surface area contributed by atoms with E-state index in [4.69, 9.17) is 5.11 Å². The number of carboxylic acids is 1. The second-order valence-corrected chi connectivity index (χ2v) is 6.62. The van der Waals surface area contributed by atoms with Crippen molar-refractivity contribution >= 4 is 17.7 Å². The molecule has 0 saturated heterocycles. The molecule has 2 N–H and O–H groups in total. The van der Waals surface area contributed by atoms with Crippen molar-refractivity contribution in [3.05, 3.63) is 23.6 Å². The van der Waals surface area contributed by atoms with Gasteiger partial charge in [0.1, 0.15) is 0 Å². The lowest BCUT2D eigenvalue weighted by Crippen LogP contribution is -2.43. The molecule has 2 bridgehead atoms. The van der Waals surface area contributed by atoms with Crippen LogP contribution in [-0.4, -0.2) is 27.0 Å². The first-order valence-corrected chi connectivity index (χ1v) is 6.64. The molecule has 0 aromatic carbocycles. The molecule has 94 valence electrons. The fourth-order valence-corrected chi connectivity index (χ4v) is 4.83. The van der Waals surface area contributed by atoms with Gasteiger partial charge in [0.05, 0.1) is 10.9 Å². The number of thioether (sulfide) groups is 1. The van der Waals surface area contributed by atoms with Crippen LogP contribution >= 0.6 is 11.8 Å². The van der Waals surface area contributed by atoms with Gasteiger partial charge in [0, 0.05) is 6.08 Å². The van der Waals surface area contributed by atoms with Crippen LogP contribution in [0.25, 0.3) is 0 Å². The monoisotopic (exact) mass is 254 g/mol. The standard InChI is InChI=1S/C13H18O3S/c1-8-6-9-7-10(14)13(8,12(9,2)3)17-5-4-11(15)16/h4-5,9-10,14H,1,6-7H2,2-3H3,(H,15,16)/b5-4+/t9-,10?,13-/m1/s1. The Hall–Kier alpha value is -0.740. The van der Waals surface area contributed by atoms with Crippen molar-refractivity contribution in [3.8, 4) is 0 Å². The smallest absolute Gasteiger partial charge is 0.328 e. The lowest BCUT2D eigenvalue weighted by atomic mass is 9.80. The Morgan fingerprint density at radius 3 is 2.71 bits per heavy atom. The second-order valence-electron chi connectivity index (χ2n) is 5.47. The van der Waals surface area contributed by atoms with E-state index in [0.717, 1.165) is 24.5 Å². The summed E-state index contributed by atoms with van der Waals surface area (Å²) in [4.78, 5) is 10.5. The number of rotatable bonds is 3. The molecule has 2 fully saturated rings. The van der Waals surface area contributed by atoms with Gasteiger partial charge in [0.25, 0.3) is 0 Å². The number of hydrogen-bond acceptors (Lipinski definition) is 3. The highest BCUT2D eigenvalue weighted by molar-refractivity contribution is 8.03. The molecular formula is C13H18O3S. The van der Waals surface area contributed by atoms with Crippen molar-refractivity contribution in [2.45, 2.75) is 37.5 Å². The summed E-state index contributed by atoms with van der Waals surface area (Å²) in [7, 11) is 0. The van der Waals surface area contributed by atoms with Gasteiger partial charge < -0.3 is 10.2 Å². The maximum atomic E-state index is 10.5. The molecule has 2 saturated carbocycles. The molecule has 3 atom stereocenters. The third-order valence-electron chi connectivity index (χ3n) is 4.44. The van der Waals surface area contributed by atoms with Crippen LogP contribution < -0.4 is 0 Å². The molecule has 0 aromatic heterocycles. The predicted octanol–water partition coefficient (Wildman–Crippen LogP) is 2.42. The van der Waals surface area contributed by atoms with Crippen LogP contribution in [-0.2, 0) is 4.79 Å². The minimum Gasteiger partial charge on any atom is -0.478 e. The van der Waals surface area contributed by atoms with Crippen molar-refractivity contribution in [1.82, 2.24) is 0 Å². The first kappa shape index (κ1) is 12.7. The van der Waals surface area contributed by atoms with Crippen LogP contribution in [0, 0.1) is 11.3 Å². The second kappa shape index (κ2) is 3.89. The molecule has 0 aromatic rings. The van der Waals surface area contributed by atoms with E-state index in [1.165, 1.54) is 11.8 Å². The van der Waals surface area contributed by atoms with Crippen molar-refractivity contribution < 1.29 is 15.0 Å². The number of aliphatic hydroxyl groups is 1. The van der Waals surface area contributed by atoms with Crippen LogP contribution in [0.3, 0.4) is 0 Å². The summed E-state index contributed by atoms with van der Waals surface area (Å²) >= 11 is 1.41. The van der Waals surface area contributed by atoms with E-state index in [9.17, 15) is 9.90 Å². The topological polar surface area (TPSA) is 57.5 Å². The number of aliphatic hydroxyl groups excluding tert-OH is 1. The Bertz CT molecular complexity index is 399. The number of carbonyl (C=O) groups is 1. The van der Waals surface area contributed by atoms with Crippen LogP contribution in [0.15, 0.2) is 23.6 Å². The van der Waals surface area contributed by atoms with E-state index < -0.39 is 16.8 Å². The molecule has 1 unspecified atom stereocenters. The van der Waals surface area contributed by atoms with Crippen molar-refractivity contribution in [3.63, 3.8) is 0 Å². The fourth-order valence-electron chi connectivity index (χ4n) is 3.45. The van der Waals surface area contributed by atoms with Crippen molar-refractivity contribution in [2.75, 3.05) is 0 Å². The van der Waals surface area contributed by atoms with Crippen LogP contribution in [0.2, 0.25) is 0 Å². The third-order valence-corrected chi connectivity index (χ3v) is 6.17. The first-order valence-electron chi connectivity index (χ1n) is 5.76. The average Bonchev–Trinajstić information content (AvgIpc) is 2.48. The third kappa shape index (κ3) is 1.58. The number of fused-ring (bicyclic) bond motifs is 2. The number of aliphatic carboxylic acids is 1. The average molecular weight is 254 g/mol. The maximum absolute atomic E-state index is 10.5. The van der Waals surface area contributed by atoms with E-state index in [-0.39, 0.29) is 5.41 Å². The van der Waals surface area contributed by atoms with Crippen LogP contribution in [0.4, 0.5) is 0 Å². The van der Waals surface area contributed by atoms with E-state index >= 15 is 0 Å². The van der Waals surface area contributed by atoms with Crippen LogP contribution in [0.5, 0.6) is 0 Å². The first-order chi connectivity index (χ1) is 7.82. The van der Waals surface area contributed by atoms with E-state index in [2.05, 4.69) is 20.4 Å². The molecule has 2 aliphatic carbocycles. The summed E-state index contributed by atoms with van der Waals surface area (Å²) in [6, 6.07) is 0. The molecule has 17 heavy (non-hydrogen) atoms. The van der Waals surface area contributed by atoms with E-state index in [1.807, 2.05) is 0 Å². The normalized spacial score (nSPS) is 39.1. The summed E-state index contributed by atoms with van der Waals surface area (Å²) in [5.74, 6) is -0.505. The van der Waals surface area contributed by atoms with Gasteiger partial charge in [-0.2, -0.15) is 0 Å². The van der Waals surface area contributed by atoms with Gasteiger partial charge >= 0.3 is 5.97 Å². The van der Waals surface area contributed by atoms with E-state index in [1.54, 1.807) is 5.41 Å². The van der Waals surface area contributed by atoms with Gasteiger partial charge in [-0.3, -0.25) is 0 Å². The van der Waals surface area contributed by atoms with Gasteiger partial charge in [-0.1, -0.05) is 26.0 Å². The SMILES string of the molecule is C=C1C[C@@H]2CC(O)[C@@]1(S/C=C/C(=O)O)C2(C)C. The Kier molecular flexibility index (Phi) is 2.91. The molecule has 4 heteroatoms. The van der Waals surface area contributed by atoms with Gasteiger partial charge in [0.15, 0.2) is 0 Å². The van der Waals surface area contributed by atoms with Gasteiger partial charge in [-0.15, -0.1) is 11.8 Å². The van der Waals surface area contributed by atoms with Gasteiger partial charge in [-0.05, 0) is 29.6 Å². The van der Waals surface area contributed by atoms with Crippen molar-refractivity contribution in [2.24, 2.45) is 11.3 Å². The summed E-state index contributed by atoms with van der Waals surface area (Å²) < 4.78 is -0.413. The largest absolute Gasteiger partial charge is 0.478 e. The highest BCUT2D eigenvalue weighted by Crippen LogP contribution is 2.68. The maximum Gasteiger partial charge on any atom is 0.328 e. The minimum absolute atomic E-state index is 0.0307. The highest BCUT2D eigenvalue weighted by atomic mass is 32.2. The minimum atomic E-state index is -0.959. The lowest BCUT2D eigenvalue weighted by molar-refractivity contribution is -0.131. The number of carboxylic acid groups (broad SMARTS) is 1. The molecule has 3 nitrogen and oxygen atoms in total. The highest BCUT2D eigenvalue weighted by Gasteiger charge is 2.66. The Labute approximate surface area is 106 Å². The summed E-state index contributed by atoms with van der Waals surface area (Å²) in [5, 5.41) is 20.5. The Morgan fingerprint density at radius 1 is 1.59 bits per heavy atom. The summed E-state index contributed by atoms with van der Waals surface area (Å²) in [6.45, 7) is 8.38. The quantitative estimate of drug-likeness (QED) is 0.600. The number of hydrogen-bond donors (Lipinski definition) is 2. The van der Waals surface area contributed by atoms with E-state index in [0.29, 0.717) is 5.92 Å². The molecule has 2 rings (SSSR count). The molecule has 0 amide bonds. The zero-order valence-corrected chi connectivity index (χ0v) is 11.0. The summed E-state index contributed by atoms with van der Waals surface area (Å²) in [5.41, 5.74) is 1.02. The van der Waals surface area contributed by atoms with Crippen LogP contribution in [0.1, 0.15) is 26.7 Å². The zero-order chi connectivity index (χ0) is 12.8. The molecule has 0 aliphatic heterocycles. The van der Waals surface area contributed by atoms with Gasteiger partial charge in [-0.25, -0.2) is 4.79 Å². The molecule has 0 heterocycles. The van der Waals surface area contributed by atoms with Crippen molar-refractivity contribution in [1.29, 1.82) is 0 Å². The molecule has 0 radical (unpaired) electrons. The zero-order valence-electron chi connectivity index (χ0n) is 10.1. The van der Waals surface area contributed by atoms with Gasteiger partial charge in [0.2, 0.25) is 0 Å². The molecule has 0 spiro atoms. The molecule has 2 aliphatic rings. The Morgan fingerprint density at radius 2 is 2.24 bits per heavy atom.